The molecule has 0 saturated heterocycles. The Morgan fingerprint density at radius 2 is 1.70 bits per heavy atom. The number of anilines is 2. The van der Waals surface area contributed by atoms with Crippen LogP contribution in [0.15, 0.2) is 71.7 Å². The van der Waals surface area contributed by atoms with Crippen molar-refractivity contribution in [2.24, 2.45) is 10.9 Å². The van der Waals surface area contributed by atoms with E-state index in [-0.39, 0.29) is 24.3 Å². The van der Waals surface area contributed by atoms with E-state index < -0.39 is 6.04 Å². The van der Waals surface area contributed by atoms with Gasteiger partial charge in [-0.05, 0) is 53.8 Å². The molecule has 1 N–H and O–H groups in total. The second-order valence-electron chi connectivity index (χ2n) is 9.70. The molecular weight excluding hydrogens is 505 g/mol. The van der Waals surface area contributed by atoms with Crippen LogP contribution in [-0.4, -0.2) is 30.1 Å². The Morgan fingerprint density at radius 1 is 1.00 bits per heavy atom. The third-order valence-corrected chi connectivity index (χ3v) is 7.33. The molecule has 0 unspecified atom stereocenters. The average Bonchev–Trinajstić information content (AvgIpc) is 2.99. The van der Waals surface area contributed by atoms with Gasteiger partial charge in [0, 0.05) is 26.9 Å². The van der Waals surface area contributed by atoms with Gasteiger partial charge < -0.3 is 10.2 Å². The van der Waals surface area contributed by atoms with Crippen LogP contribution in [0.3, 0.4) is 0 Å². The molecule has 3 aromatic rings. The molecule has 1 aliphatic heterocycles. The van der Waals surface area contributed by atoms with E-state index in [2.05, 4.69) is 19.2 Å². The number of aliphatic imine (C=N–C) groups is 1. The van der Waals surface area contributed by atoms with Crippen LogP contribution < -0.4 is 10.2 Å². The number of halogens is 2. The third-order valence-electron chi connectivity index (χ3n) is 6.77. The summed E-state index contributed by atoms with van der Waals surface area (Å²) in [6.07, 6.45) is 0.745. The van der Waals surface area contributed by atoms with E-state index in [9.17, 15) is 9.59 Å². The van der Waals surface area contributed by atoms with Crippen molar-refractivity contribution in [2.45, 2.75) is 46.1 Å². The van der Waals surface area contributed by atoms with E-state index in [4.69, 9.17) is 28.2 Å². The van der Waals surface area contributed by atoms with Gasteiger partial charge in [-0.2, -0.15) is 0 Å². The van der Waals surface area contributed by atoms with E-state index in [1.807, 2.05) is 56.3 Å². The van der Waals surface area contributed by atoms with Gasteiger partial charge in [0.2, 0.25) is 5.91 Å². The summed E-state index contributed by atoms with van der Waals surface area (Å²) in [6.45, 7) is 8.10. The highest BCUT2D eigenvalue weighted by molar-refractivity contribution is 6.37. The van der Waals surface area contributed by atoms with Gasteiger partial charge in [-0.15, -0.1) is 0 Å². The molecule has 0 bridgehead atoms. The number of benzodiazepines with no additional fused rings is 1. The molecule has 1 heterocycles. The molecule has 0 aliphatic carbocycles. The Hall–Kier alpha value is -3.15. The molecule has 0 aromatic heterocycles. The van der Waals surface area contributed by atoms with Gasteiger partial charge in [0.25, 0.3) is 5.91 Å². The van der Waals surface area contributed by atoms with Gasteiger partial charge >= 0.3 is 0 Å². The number of hydrogen-bond donors (Lipinski definition) is 1. The predicted octanol–water partition coefficient (Wildman–Crippen LogP) is 7.35. The monoisotopic (exact) mass is 535 g/mol. The minimum absolute atomic E-state index is 0.0519. The van der Waals surface area contributed by atoms with Crippen LogP contribution in [0.25, 0.3) is 0 Å². The second kappa shape index (κ2) is 11.5. The van der Waals surface area contributed by atoms with Crippen LogP contribution in [0.4, 0.5) is 11.4 Å². The molecule has 2 atom stereocenters. The van der Waals surface area contributed by atoms with E-state index in [1.165, 1.54) is 10.5 Å². The van der Waals surface area contributed by atoms with Crippen LogP contribution in [0.5, 0.6) is 0 Å². The third kappa shape index (κ3) is 5.89. The molecule has 3 aromatic carbocycles. The largest absolute Gasteiger partial charge is 0.325 e. The molecular formula is C30H31Cl2N3O2. The molecule has 5 nitrogen and oxygen atoms in total. The molecule has 0 fully saturated rings. The minimum Gasteiger partial charge on any atom is -0.325 e. The Balaban J connectivity index is 1.75. The highest BCUT2D eigenvalue weighted by Crippen LogP contribution is 2.34. The molecule has 4 rings (SSSR count). The van der Waals surface area contributed by atoms with Crippen molar-refractivity contribution >= 4 is 52.1 Å². The van der Waals surface area contributed by atoms with Crippen molar-refractivity contribution in [3.8, 4) is 0 Å². The Kier molecular flexibility index (Phi) is 8.35. The standard InChI is InChI=1S/C30H31Cl2N3O2/c1-5-19(4)28-30(37)35(17-27(36)33-22-13-10-20(11-14-22)18(2)3)26-15-12-21(31)16-24(26)29(34-28)23-8-6-7-9-25(23)32/h6-16,18-19,28H,5,17H2,1-4H3,(H,33,36)/t19-,28+/m0/s1. The van der Waals surface area contributed by atoms with Crippen LogP contribution in [-0.2, 0) is 9.59 Å². The summed E-state index contributed by atoms with van der Waals surface area (Å²) in [5.74, 6) is -0.183. The number of rotatable bonds is 7. The molecule has 192 valence electrons. The maximum atomic E-state index is 13.9. The van der Waals surface area contributed by atoms with Crippen molar-refractivity contribution in [1.82, 2.24) is 0 Å². The SMILES string of the molecule is CC[C@H](C)[C@H]1N=C(c2ccccc2Cl)c2cc(Cl)ccc2N(CC(=O)Nc2ccc(C(C)C)cc2)C1=O. The molecule has 1 aliphatic rings. The molecule has 2 amide bonds. The molecule has 0 saturated carbocycles. The second-order valence-corrected chi connectivity index (χ2v) is 10.5. The number of amides is 2. The van der Waals surface area contributed by atoms with Crippen molar-refractivity contribution in [3.05, 3.63) is 93.5 Å². The zero-order valence-corrected chi connectivity index (χ0v) is 23.0. The zero-order valence-electron chi connectivity index (χ0n) is 21.5. The van der Waals surface area contributed by atoms with Gasteiger partial charge in [-0.1, -0.05) is 87.6 Å². The lowest BCUT2D eigenvalue weighted by Crippen LogP contribution is -2.44. The Morgan fingerprint density at radius 3 is 2.35 bits per heavy atom. The summed E-state index contributed by atoms with van der Waals surface area (Å²) in [7, 11) is 0. The first-order valence-electron chi connectivity index (χ1n) is 12.5. The van der Waals surface area contributed by atoms with Crippen molar-refractivity contribution in [3.63, 3.8) is 0 Å². The maximum Gasteiger partial charge on any atom is 0.252 e. The fourth-order valence-corrected chi connectivity index (χ4v) is 4.79. The van der Waals surface area contributed by atoms with Gasteiger partial charge in [-0.3, -0.25) is 14.6 Å². The molecule has 0 radical (unpaired) electrons. The zero-order chi connectivity index (χ0) is 26.7. The number of nitrogens with one attached hydrogen (secondary N) is 1. The molecule has 7 heteroatoms. The highest BCUT2D eigenvalue weighted by atomic mass is 35.5. The highest BCUT2D eigenvalue weighted by Gasteiger charge is 2.36. The topological polar surface area (TPSA) is 61.8 Å². The lowest BCUT2D eigenvalue weighted by atomic mass is 9.97. The van der Waals surface area contributed by atoms with Crippen molar-refractivity contribution in [1.29, 1.82) is 0 Å². The van der Waals surface area contributed by atoms with E-state index in [0.717, 1.165) is 6.42 Å². The van der Waals surface area contributed by atoms with Gasteiger partial charge in [-0.25, -0.2) is 0 Å². The number of nitrogens with zero attached hydrogens (tertiary/aromatic N) is 2. The van der Waals surface area contributed by atoms with E-state index in [0.29, 0.717) is 44.2 Å². The normalized spacial score (nSPS) is 16.2. The predicted molar refractivity (Wildman–Crippen MR) is 153 cm³/mol. The fraction of sp³-hybridized carbons (Fsp3) is 0.300. The quantitative estimate of drug-likeness (QED) is 0.343. The number of carbonyl (C=O) groups excluding carboxylic acids is 2. The van der Waals surface area contributed by atoms with Gasteiger partial charge in [0.15, 0.2) is 0 Å². The van der Waals surface area contributed by atoms with Gasteiger partial charge in [0.05, 0.1) is 11.4 Å². The van der Waals surface area contributed by atoms with E-state index >= 15 is 0 Å². The lowest BCUT2D eigenvalue weighted by Gasteiger charge is -2.26. The Bertz CT molecular complexity index is 1330. The van der Waals surface area contributed by atoms with Crippen LogP contribution >= 0.6 is 23.2 Å². The van der Waals surface area contributed by atoms with Crippen LogP contribution in [0.1, 0.15) is 56.7 Å². The molecule has 37 heavy (non-hydrogen) atoms. The van der Waals surface area contributed by atoms with Gasteiger partial charge in [0.1, 0.15) is 12.6 Å². The summed E-state index contributed by atoms with van der Waals surface area (Å²) >= 11 is 13.0. The number of carbonyl (C=O) groups is 2. The summed E-state index contributed by atoms with van der Waals surface area (Å²) in [5, 5.41) is 3.96. The Labute approximate surface area is 228 Å². The lowest BCUT2D eigenvalue weighted by molar-refractivity contribution is -0.123. The number of benzene rings is 3. The van der Waals surface area contributed by atoms with Crippen LogP contribution in [0, 0.1) is 5.92 Å². The fourth-order valence-electron chi connectivity index (χ4n) is 4.40. The van der Waals surface area contributed by atoms with Crippen LogP contribution in [0.2, 0.25) is 10.0 Å². The van der Waals surface area contributed by atoms with E-state index in [1.54, 1.807) is 24.3 Å². The summed E-state index contributed by atoms with van der Waals surface area (Å²) < 4.78 is 0. The maximum absolute atomic E-state index is 13.9. The first-order chi connectivity index (χ1) is 17.7. The summed E-state index contributed by atoms with van der Waals surface area (Å²) in [5.41, 5.74) is 4.41. The first-order valence-corrected chi connectivity index (χ1v) is 13.3. The summed E-state index contributed by atoms with van der Waals surface area (Å²) in [6, 6.07) is 19.8. The smallest absolute Gasteiger partial charge is 0.252 e. The van der Waals surface area contributed by atoms with Crippen molar-refractivity contribution in [2.75, 3.05) is 16.8 Å². The minimum atomic E-state index is -0.680. The molecule has 0 spiro atoms. The van der Waals surface area contributed by atoms with Crippen molar-refractivity contribution < 1.29 is 9.59 Å². The number of hydrogen-bond acceptors (Lipinski definition) is 3. The first kappa shape index (κ1) is 26.9. The number of fused-ring (bicyclic) bond motifs is 1. The average molecular weight is 537 g/mol. The summed E-state index contributed by atoms with van der Waals surface area (Å²) in [4.78, 5) is 33.6.